The molecule has 23 heavy (non-hydrogen) atoms. The number of pyridine rings is 1. The molecule has 0 radical (unpaired) electrons. The van der Waals surface area contributed by atoms with Crippen molar-refractivity contribution in [2.45, 2.75) is 12.5 Å². The van der Waals surface area contributed by atoms with E-state index in [0.717, 1.165) is 30.2 Å². The first-order chi connectivity index (χ1) is 11.3. The fourth-order valence-electron chi connectivity index (χ4n) is 2.72. The first-order valence-electron chi connectivity index (χ1n) is 7.49. The molecule has 4 rings (SSSR count). The molecule has 0 amide bonds. The SMILES string of the molecule is Clc1ccc(CN2CC(c3nc(-c4cccnc4)no3)C2)cc1. The number of rotatable bonds is 4. The summed E-state index contributed by atoms with van der Waals surface area (Å²) in [5.74, 6) is 1.61. The van der Waals surface area contributed by atoms with E-state index in [1.807, 2.05) is 24.3 Å². The van der Waals surface area contributed by atoms with E-state index in [1.165, 1.54) is 5.56 Å². The zero-order valence-corrected chi connectivity index (χ0v) is 13.1. The summed E-state index contributed by atoms with van der Waals surface area (Å²) in [4.78, 5) is 10.9. The zero-order valence-electron chi connectivity index (χ0n) is 12.4. The third kappa shape index (κ3) is 3.11. The normalized spacial score (nSPS) is 15.5. The van der Waals surface area contributed by atoms with E-state index in [1.54, 1.807) is 12.4 Å². The summed E-state index contributed by atoms with van der Waals surface area (Å²) >= 11 is 5.91. The summed E-state index contributed by atoms with van der Waals surface area (Å²) in [6.07, 6.45) is 3.47. The van der Waals surface area contributed by atoms with E-state index in [9.17, 15) is 0 Å². The van der Waals surface area contributed by atoms with E-state index in [2.05, 4.69) is 32.2 Å². The van der Waals surface area contributed by atoms with Crippen molar-refractivity contribution in [3.05, 3.63) is 65.3 Å². The molecule has 5 nitrogen and oxygen atoms in total. The highest BCUT2D eigenvalue weighted by atomic mass is 35.5. The quantitative estimate of drug-likeness (QED) is 0.735. The van der Waals surface area contributed by atoms with E-state index < -0.39 is 0 Å². The Morgan fingerprint density at radius 3 is 2.74 bits per heavy atom. The van der Waals surface area contributed by atoms with Crippen LogP contribution in [0.25, 0.3) is 11.4 Å². The number of benzene rings is 1. The minimum atomic E-state index is 0.306. The highest BCUT2D eigenvalue weighted by Gasteiger charge is 2.32. The Bertz CT molecular complexity index is 782. The Kier molecular flexibility index (Phi) is 3.81. The molecule has 6 heteroatoms. The average molecular weight is 327 g/mol. The first kappa shape index (κ1) is 14.4. The second kappa shape index (κ2) is 6.10. The third-order valence-corrected chi connectivity index (χ3v) is 4.24. The lowest BCUT2D eigenvalue weighted by Crippen LogP contribution is -2.44. The predicted octanol–water partition coefficient (Wildman–Crippen LogP) is 3.38. The maximum Gasteiger partial charge on any atom is 0.232 e. The number of hydrogen-bond donors (Lipinski definition) is 0. The maximum atomic E-state index is 5.91. The van der Waals surface area contributed by atoms with Gasteiger partial charge in [-0.2, -0.15) is 4.98 Å². The summed E-state index contributed by atoms with van der Waals surface area (Å²) in [7, 11) is 0. The second-order valence-corrected chi connectivity index (χ2v) is 6.15. The molecular formula is C17H15ClN4O. The lowest BCUT2D eigenvalue weighted by molar-refractivity contribution is 0.117. The van der Waals surface area contributed by atoms with Gasteiger partial charge in [0.25, 0.3) is 0 Å². The van der Waals surface area contributed by atoms with Crippen LogP contribution in [-0.4, -0.2) is 33.1 Å². The Labute approximate surface area is 138 Å². The molecular weight excluding hydrogens is 312 g/mol. The molecule has 116 valence electrons. The van der Waals surface area contributed by atoms with Gasteiger partial charge in [-0.05, 0) is 29.8 Å². The van der Waals surface area contributed by atoms with Crippen LogP contribution in [0.15, 0.2) is 53.3 Å². The van der Waals surface area contributed by atoms with Crippen LogP contribution in [-0.2, 0) is 6.54 Å². The molecule has 3 aromatic rings. The van der Waals surface area contributed by atoms with Crippen LogP contribution in [0.1, 0.15) is 17.4 Å². The lowest BCUT2D eigenvalue weighted by Gasteiger charge is -2.37. The Balaban J connectivity index is 1.37. The van der Waals surface area contributed by atoms with Crippen molar-refractivity contribution >= 4 is 11.6 Å². The Morgan fingerprint density at radius 2 is 2.00 bits per heavy atom. The smallest absolute Gasteiger partial charge is 0.232 e. The van der Waals surface area contributed by atoms with Crippen molar-refractivity contribution in [1.82, 2.24) is 20.0 Å². The van der Waals surface area contributed by atoms with E-state index in [-0.39, 0.29) is 0 Å². The van der Waals surface area contributed by atoms with E-state index >= 15 is 0 Å². The second-order valence-electron chi connectivity index (χ2n) is 5.72. The molecule has 0 saturated carbocycles. The number of likely N-dealkylation sites (tertiary alicyclic amines) is 1. The topological polar surface area (TPSA) is 55.1 Å². The largest absolute Gasteiger partial charge is 0.339 e. The summed E-state index contributed by atoms with van der Waals surface area (Å²) in [6, 6.07) is 11.8. The van der Waals surface area contributed by atoms with Crippen LogP contribution in [0.5, 0.6) is 0 Å². The molecule has 1 aliphatic heterocycles. The molecule has 0 spiro atoms. The monoisotopic (exact) mass is 326 g/mol. The van der Waals surface area contributed by atoms with Crippen molar-refractivity contribution in [3.8, 4) is 11.4 Å². The predicted molar refractivity (Wildman–Crippen MR) is 87.0 cm³/mol. The number of aromatic nitrogens is 3. The Morgan fingerprint density at radius 1 is 1.17 bits per heavy atom. The van der Waals surface area contributed by atoms with Gasteiger partial charge in [-0.25, -0.2) is 0 Å². The van der Waals surface area contributed by atoms with Gasteiger partial charge in [0.1, 0.15) is 0 Å². The number of hydrogen-bond acceptors (Lipinski definition) is 5. The van der Waals surface area contributed by atoms with Crippen LogP contribution in [0, 0.1) is 0 Å². The summed E-state index contributed by atoms with van der Waals surface area (Å²) in [5, 5.41) is 4.82. The van der Waals surface area contributed by atoms with Crippen molar-refractivity contribution in [2.75, 3.05) is 13.1 Å². The summed E-state index contributed by atoms with van der Waals surface area (Å²) in [5.41, 5.74) is 2.13. The van der Waals surface area contributed by atoms with Gasteiger partial charge in [-0.1, -0.05) is 28.9 Å². The van der Waals surface area contributed by atoms with Crippen LogP contribution in [0.2, 0.25) is 5.02 Å². The van der Waals surface area contributed by atoms with Crippen molar-refractivity contribution in [3.63, 3.8) is 0 Å². The van der Waals surface area contributed by atoms with Gasteiger partial charge in [0.15, 0.2) is 0 Å². The summed E-state index contributed by atoms with van der Waals surface area (Å²) < 4.78 is 5.40. The van der Waals surface area contributed by atoms with Crippen molar-refractivity contribution in [2.24, 2.45) is 0 Å². The van der Waals surface area contributed by atoms with Gasteiger partial charge >= 0.3 is 0 Å². The fourth-order valence-corrected chi connectivity index (χ4v) is 2.84. The van der Waals surface area contributed by atoms with Gasteiger partial charge in [0, 0.05) is 42.6 Å². The molecule has 0 atom stereocenters. The standard InChI is InChI=1S/C17H15ClN4O/c18-15-5-3-12(4-6-15)9-22-10-14(11-22)17-20-16(21-23-17)13-2-1-7-19-8-13/h1-8,14H,9-11H2. The highest BCUT2D eigenvalue weighted by molar-refractivity contribution is 6.30. The van der Waals surface area contributed by atoms with E-state index in [4.69, 9.17) is 16.1 Å². The van der Waals surface area contributed by atoms with Crippen LogP contribution >= 0.6 is 11.6 Å². The fraction of sp³-hybridized carbons (Fsp3) is 0.235. The van der Waals surface area contributed by atoms with Crippen molar-refractivity contribution < 1.29 is 4.52 Å². The highest BCUT2D eigenvalue weighted by Crippen LogP contribution is 2.28. The average Bonchev–Trinajstić information content (AvgIpc) is 3.02. The van der Waals surface area contributed by atoms with Crippen LogP contribution < -0.4 is 0 Å². The van der Waals surface area contributed by atoms with Crippen LogP contribution in [0.3, 0.4) is 0 Å². The van der Waals surface area contributed by atoms with Gasteiger partial charge in [-0.3, -0.25) is 9.88 Å². The maximum absolute atomic E-state index is 5.91. The molecule has 1 aliphatic rings. The zero-order chi connectivity index (χ0) is 15.6. The molecule has 0 N–H and O–H groups in total. The van der Waals surface area contributed by atoms with Gasteiger partial charge in [0.2, 0.25) is 11.7 Å². The molecule has 3 heterocycles. The molecule has 0 aliphatic carbocycles. The lowest BCUT2D eigenvalue weighted by atomic mass is 9.99. The molecule has 1 aromatic carbocycles. The molecule has 2 aromatic heterocycles. The minimum absolute atomic E-state index is 0.306. The summed E-state index contributed by atoms with van der Waals surface area (Å²) in [6.45, 7) is 2.77. The molecule has 1 saturated heterocycles. The molecule has 0 unspecified atom stereocenters. The van der Waals surface area contributed by atoms with Gasteiger partial charge < -0.3 is 4.52 Å². The third-order valence-electron chi connectivity index (χ3n) is 3.99. The van der Waals surface area contributed by atoms with Crippen molar-refractivity contribution in [1.29, 1.82) is 0 Å². The van der Waals surface area contributed by atoms with Crippen LogP contribution in [0.4, 0.5) is 0 Å². The first-order valence-corrected chi connectivity index (χ1v) is 7.86. The van der Waals surface area contributed by atoms with Gasteiger partial charge in [-0.15, -0.1) is 0 Å². The molecule has 0 bridgehead atoms. The van der Waals surface area contributed by atoms with E-state index in [0.29, 0.717) is 17.6 Å². The number of nitrogens with zero attached hydrogens (tertiary/aromatic N) is 4. The van der Waals surface area contributed by atoms with Gasteiger partial charge in [0.05, 0.1) is 5.92 Å². The Hall–Kier alpha value is -2.24. The molecule has 1 fully saturated rings. The minimum Gasteiger partial charge on any atom is -0.339 e. The number of halogens is 1.